The molecule has 0 fully saturated rings. The zero-order valence-corrected chi connectivity index (χ0v) is 20.7. The Hall–Kier alpha value is -1.54. The molecule has 0 saturated carbocycles. The van der Waals surface area contributed by atoms with Crippen molar-refractivity contribution in [3.05, 3.63) is 40.9 Å². The zero-order chi connectivity index (χ0) is 22.2. The number of hydrogen-bond donors (Lipinski definition) is 1. The molecule has 29 heavy (non-hydrogen) atoms. The fourth-order valence-corrected chi connectivity index (χ4v) is 3.77. The topological polar surface area (TPSA) is 42.6 Å². The predicted octanol–water partition coefficient (Wildman–Crippen LogP) is 6.52. The Bertz CT molecular complexity index is 766. The lowest BCUT2D eigenvalue weighted by atomic mass is 9.91. The van der Waals surface area contributed by atoms with Gasteiger partial charge < -0.3 is 13.9 Å². The van der Waals surface area contributed by atoms with Gasteiger partial charge in [-0.3, -0.25) is 0 Å². The highest BCUT2D eigenvalue weighted by molar-refractivity contribution is 6.74. The minimum absolute atomic E-state index is 0.0801. The van der Waals surface area contributed by atoms with Gasteiger partial charge in [0.15, 0.2) is 8.32 Å². The second-order valence-corrected chi connectivity index (χ2v) is 14.4. The van der Waals surface area contributed by atoms with Gasteiger partial charge in [0, 0.05) is 12.8 Å². The molecular formula is C25H40O3Si. The molecule has 4 heteroatoms. The van der Waals surface area contributed by atoms with Crippen molar-refractivity contribution in [3.63, 3.8) is 0 Å². The van der Waals surface area contributed by atoms with Crippen molar-refractivity contribution in [2.24, 2.45) is 5.92 Å². The summed E-state index contributed by atoms with van der Waals surface area (Å²) >= 11 is 0. The van der Waals surface area contributed by atoms with E-state index in [2.05, 4.69) is 85.2 Å². The maximum absolute atomic E-state index is 8.79. The molecule has 1 aromatic heterocycles. The second-order valence-electron chi connectivity index (χ2n) is 9.59. The van der Waals surface area contributed by atoms with Crippen LogP contribution in [-0.4, -0.2) is 26.6 Å². The molecular weight excluding hydrogens is 376 g/mol. The number of aliphatic hydroxyl groups is 1. The van der Waals surface area contributed by atoms with E-state index in [1.807, 2.05) is 0 Å². The van der Waals surface area contributed by atoms with E-state index in [1.165, 1.54) is 11.1 Å². The van der Waals surface area contributed by atoms with Gasteiger partial charge in [0.1, 0.15) is 18.1 Å². The highest BCUT2D eigenvalue weighted by Gasteiger charge is 2.36. The highest BCUT2D eigenvalue weighted by Crippen LogP contribution is 2.36. The molecule has 1 heterocycles. The first-order valence-corrected chi connectivity index (χ1v) is 13.4. The van der Waals surface area contributed by atoms with Gasteiger partial charge in [-0.1, -0.05) is 38.8 Å². The van der Waals surface area contributed by atoms with E-state index in [-0.39, 0.29) is 11.6 Å². The van der Waals surface area contributed by atoms with Crippen LogP contribution in [0.15, 0.2) is 28.2 Å². The van der Waals surface area contributed by atoms with Crippen molar-refractivity contribution in [1.82, 2.24) is 0 Å². The van der Waals surface area contributed by atoms with Gasteiger partial charge >= 0.3 is 0 Å². The average molecular weight is 417 g/mol. The predicted molar refractivity (Wildman–Crippen MR) is 126 cm³/mol. The van der Waals surface area contributed by atoms with Gasteiger partial charge in [-0.15, -0.1) is 5.92 Å². The second kappa shape index (κ2) is 11.0. The number of furan rings is 1. The van der Waals surface area contributed by atoms with Crippen LogP contribution in [0.3, 0.4) is 0 Å². The largest absolute Gasteiger partial charge is 0.461 e. The van der Waals surface area contributed by atoms with Crippen LogP contribution in [0.2, 0.25) is 18.1 Å². The van der Waals surface area contributed by atoms with Gasteiger partial charge in [-0.25, -0.2) is 0 Å². The molecule has 0 amide bonds. The SMILES string of the molecule is C=C(C)[C@@H](CCC#CCO)Cc1oc(/C=C(/C)CO[Si](C)(C)C(C)(C)C)cc1C. The number of aryl methyl sites for hydroxylation is 1. The highest BCUT2D eigenvalue weighted by atomic mass is 28.4. The number of rotatable bonds is 9. The van der Waals surface area contributed by atoms with E-state index in [0.29, 0.717) is 12.5 Å². The third-order valence-corrected chi connectivity index (χ3v) is 10.3. The number of allylic oxidation sites excluding steroid dienone is 1. The molecule has 1 rings (SSSR count). The maximum Gasteiger partial charge on any atom is 0.192 e. The Morgan fingerprint density at radius 3 is 2.52 bits per heavy atom. The van der Waals surface area contributed by atoms with Crippen LogP contribution in [0, 0.1) is 24.7 Å². The molecule has 0 radical (unpaired) electrons. The van der Waals surface area contributed by atoms with E-state index in [4.69, 9.17) is 13.9 Å². The molecule has 0 spiro atoms. The summed E-state index contributed by atoms with van der Waals surface area (Å²) < 4.78 is 12.5. The van der Waals surface area contributed by atoms with Crippen molar-refractivity contribution < 1.29 is 13.9 Å². The van der Waals surface area contributed by atoms with E-state index in [9.17, 15) is 0 Å². The minimum Gasteiger partial charge on any atom is -0.461 e. The van der Waals surface area contributed by atoms with E-state index >= 15 is 0 Å². The molecule has 0 saturated heterocycles. The summed E-state index contributed by atoms with van der Waals surface area (Å²) in [4.78, 5) is 0. The molecule has 1 N–H and O–H groups in total. The Kier molecular flexibility index (Phi) is 9.68. The third kappa shape index (κ3) is 8.38. The van der Waals surface area contributed by atoms with Crippen molar-refractivity contribution in [3.8, 4) is 11.8 Å². The summed E-state index contributed by atoms with van der Waals surface area (Å²) in [6, 6.07) is 2.10. The summed E-state index contributed by atoms with van der Waals surface area (Å²) in [6.45, 7) is 22.3. The molecule has 0 aliphatic carbocycles. The number of aliphatic hydroxyl groups excluding tert-OH is 1. The van der Waals surface area contributed by atoms with E-state index in [1.54, 1.807) is 0 Å². The van der Waals surface area contributed by atoms with Gasteiger partial charge in [-0.2, -0.15) is 0 Å². The molecule has 0 unspecified atom stereocenters. The van der Waals surface area contributed by atoms with Crippen LogP contribution >= 0.6 is 0 Å². The monoisotopic (exact) mass is 416 g/mol. The molecule has 3 nitrogen and oxygen atoms in total. The van der Waals surface area contributed by atoms with Gasteiger partial charge in [0.25, 0.3) is 0 Å². The Morgan fingerprint density at radius 2 is 1.97 bits per heavy atom. The van der Waals surface area contributed by atoms with Crippen LogP contribution in [0.5, 0.6) is 0 Å². The first-order valence-electron chi connectivity index (χ1n) is 10.5. The Morgan fingerprint density at radius 1 is 1.31 bits per heavy atom. The fourth-order valence-electron chi connectivity index (χ4n) is 2.75. The summed E-state index contributed by atoms with van der Waals surface area (Å²) in [6.07, 6.45) is 4.60. The maximum atomic E-state index is 8.79. The summed E-state index contributed by atoms with van der Waals surface area (Å²) in [5, 5.41) is 9.00. The minimum atomic E-state index is -1.75. The summed E-state index contributed by atoms with van der Waals surface area (Å²) in [5.74, 6) is 7.93. The van der Waals surface area contributed by atoms with Crippen LogP contribution in [0.4, 0.5) is 0 Å². The first-order chi connectivity index (χ1) is 13.4. The van der Waals surface area contributed by atoms with Crippen molar-refractivity contribution in [1.29, 1.82) is 0 Å². The van der Waals surface area contributed by atoms with Crippen LogP contribution < -0.4 is 0 Å². The number of hydrogen-bond acceptors (Lipinski definition) is 3. The summed E-state index contributed by atoms with van der Waals surface area (Å²) in [7, 11) is -1.75. The standard InChI is InChI=1S/C25H40O3Si/c1-19(2)22(13-11-10-12-14-26)17-24-21(4)16-23(28-24)15-20(3)18-27-29(8,9)25(5,6)7/h15-16,22,26H,1,11,13-14,17-18H2,2-9H3/b20-15-/t22-/m0/s1. The zero-order valence-electron chi connectivity index (χ0n) is 19.7. The summed E-state index contributed by atoms with van der Waals surface area (Å²) in [5.41, 5.74) is 3.48. The molecule has 0 aliphatic heterocycles. The Labute approximate surface area is 179 Å². The Balaban J connectivity index is 2.81. The lowest BCUT2D eigenvalue weighted by Crippen LogP contribution is -2.41. The van der Waals surface area contributed by atoms with E-state index < -0.39 is 8.32 Å². The molecule has 0 aromatic carbocycles. The molecule has 1 atom stereocenters. The average Bonchev–Trinajstić information content (AvgIpc) is 2.93. The van der Waals surface area contributed by atoms with Crippen LogP contribution in [0.1, 0.15) is 64.5 Å². The van der Waals surface area contributed by atoms with Gasteiger partial charge in [0.2, 0.25) is 0 Å². The molecule has 162 valence electrons. The fraction of sp³-hybridized carbons (Fsp3) is 0.600. The first kappa shape index (κ1) is 25.5. The third-order valence-electron chi connectivity index (χ3n) is 5.85. The molecule has 0 aliphatic rings. The normalized spacial score (nSPS) is 13.8. The van der Waals surface area contributed by atoms with Crippen molar-refractivity contribution in [2.45, 2.75) is 78.9 Å². The van der Waals surface area contributed by atoms with Crippen LogP contribution in [0.25, 0.3) is 6.08 Å². The van der Waals surface area contributed by atoms with Gasteiger partial charge in [-0.05, 0) is 74.5 Å². The lowest BCUT2D eigenvalue weighted by molar-refractivity contribution is 0.319. The smallest absolute Gasteiger partial charge is 0.192 e. The quantitative estimate of drug-likeness (QED) is 0.283. The van der Waals surface area contributed by atoms with Crippen molar-refractivity contribution in [2.75, 3.05) is 13.2 Å². The van der Waals surface area contributed by atoms with E-state index in [0.717, 1.165) is 36.4 Å². The lowest BCUT2D eigenvalue weighted by Gasteiger charge is -2.36. The van der Waals surface area contributed by atoms with Crippen LogP contribution in [-0.2, 0) is 10.8 Å². The van der Waals surface area contributed by atoms with Gasteiger partial charge in [0.05, 0.1) is 6.61 Å². The molecule has 1 aromatic rings. The molecule has 0 bridgehead atoms. The van der Waals surface area contributed by atoms with Crippen molar-refractivity contribution >= 4 is 14.4 Å².